The Balaban J connectivity index is 1.83. The van der Waals surface area contributed by atoms with Gasteiger partial charge in [0.05, 0.1) is 0 Å². The van der Waals surface area contributed by atoms with E-state index >= 15 is 0 Å². The van der Waals surface area contributed by atoms with Gasteiger partial charge in [-0.25, -0.2) is 0 Å². The van der Waals surface area contributed by atoms with E-state index in [-0.39, 0.29) is 11.5 Å². The van der Waals surface area contributed by atoms with Crippen LogP contribution in [0, 0.1) is 0 Å². The Hall–Kier alpha value is -2.87. The highest BCUT2D eigenvalue weighted by Crippen LogP contribution is 2.17. The van der Waals surface area contributed by atoms with Crippen LogP contribution >= 0.6 is 0 Å². The molecule has 102 valence electrons. The van der Waals surface area contributed by atoms with Crippen molar-refractivity contribution in [2.45, 2.75) is 0 Å². The zero-order chi connectivity index (χ0) is 14.7. The molecule has 0 bridgehead atoms. The third-order valence-corrected chi connectivity index (χ3v) is 3.35. The average Bonchev–Trinajstić information content (AvgIpc) is 2.53. The molecular formula is C19H14O2. The van der Waals surface area contributed by atoms with Crippen LogP contribution in [0.2, 0.25) is 0 Å². The molecule has 0 radical (unpaired) electrons. The minimum atomic E-state index is -0.0804. The molecule has 0 saturated heterocycles. The molecule has 0 saturated carbocycles. The zero-order valence-electron chi connectivity index (χ0n) is 11.4. The second kappa shape index (κ2) is 5.63. The number of benzene rings is 3. The summed E-state index contributed by atoms with van der Waals surface area (Å²) < 4.78 is 0. The van der Waals surface area contributed by atoms with Gasteiger partial charge in [-0.2, -0.15) is 0 Å². The van der Waals surface area contributed by atoms with E-state index < -0.39 is 0 Å². The minimum absolute atomic E-state index is 0.0804. The van der Waals surface area contributed by atoms with Gasteiger partial charge in [0.15, 0.2) is 5.78 Å². The Morgan fingerprint density at radius 3 is 2.33 bits per heavy atom. The van der Waals surface area contributed by atoms with Crippen LogP contribution in [0.1, 0.15) is 15.9 Å². The number of hydrogen-bond donors (Lipinski definition) is 1. The summed E-state index contributed by atoms with van der Waals surface area (Å²) in [4.78, 5) is 12.0. The maximum Gasteiger partial charge on any atom is 0.185 e. The van der Waals surface area contributed by atoms with Crippen LogP contribution in [0.25, 0.3) is 16.8 Å². The van der Waals surface area contributed by atoms with Crippen LogP contribution in [0.4, 0.5) is 0 Å². The predicted octanol–water partition coefficient (Wildman–Crippen LogP) is 4.44. The van der Waals surface area contributed by atoms with Crippen molar-refractivity contribution in [3.8, 4) is 5.75 Å². The summed E-state index contributed by atoms with van der Waals surface area (Å²) in [7, 11) is 0. The maximum atomic E-state index is 12.0. The highest BCUT2D eigenvalue weighted by molar-refractivity contribution is 6.07. The number of ketones is 1. The Bertz CT molecular complexity index is 814. The van der Waals surface area contributed by atoms with Gasteiger partial charge in [0.25, 0.3) is 0 Å². The standard InChI is InChI=1S/C19H14O2/c20-18-10-8-16(9-11-18)19(21)12-6-14-5-7-15-3-1-2-4-17(15)13-14/h1-13,20H. The molecule has 0 spiro atoms. The van der Waals surface area contributed by atoms with E-state index in [1.807, 2.05) is 30.3 Å². The lowest BCUT2D eigenvalue weighted by Crippen LogP contribution is -1.92. The van der Waals surface area contributed by atoms with E-state index in [4.69, 9.17) is 0 Å². The number of carbonyl (C=O) groups excluding carboxylic acids is 1. The van der Waals surface area contributed by atoms with Crippen molar-refractivity contribution in [3.63, 3.8) is 0 Å². The number of carbonyl (C=O) groups is 1. The largest absolute Gasteiger partial charge is 0.508 e. The summed E-state index contributed by atoms with van der Waals surface area (Å²) in [5.41, 5.74) is 1.55. The van der Waals surface area contributed by atoms with Crippen LogP contribution < -0.4 is 0 Å². The summed E-state index contributed by atoms with van der Waals surface area (Å²) in [6.07, 6.45) is 3.36. The second-order valence-electron chi connectivity index (χ2n) is 4.85. The topological polar surface area (TPSA) is 37.3 Å². The van der Waals surface area contributed by atoms with Gasteiger partial charge in [0.1, 0.15) is 5.75 Å². The first-order chi connectivity index (χ1) is 10.2. The molecule has 0 aliphatic rings. The number of rotatable bonds is 3. The van der Waals surface area contributed by atoms with Crippen molar-refractivity contribution >= 4 is 22.6 Å². The molecule has 0 aromatic heterocycles. The van der Waals surface area contributed by atoms with Crippen LogP contribution in [0.5, 0.6) is 5.75 Å². The van der Waals surface area contributed by atoms with Crippen LogP contribution in [0.15, 0.2) is 72.8 Å². The third-order valence-electron chi connectivity index (χ3n) is 3.35. The van der Waals surface area contributed by atoms with E-state index in [9.17, 15) is 9.90 Å². The molecule has 0 atom stereocenters. The van der Waals surface area contributed by atoms with Crippen LogP contribution in [-0.4, -0.2) is 10.9 Å². The van der Waals surface area contributed by atoms with Gasteiger partial charge in [-0.15, -0.1) is 0 Å². The van der Waals surface area contributed by atoms with Gasteiger partial charge in [0.2, 0.25) is 0 Å². The molecule has 3 rings (SSSR count). The van der Waals surface area contributed by atoms with Gasteiger partial charge in [-0.1, -0.05) is 42.5 Å². The fourth-order valence-electron chi connectivity index (χ4n) is 2.21. The van der Waals surface area contributed by atoms with Crippen molar-refractivity contribution in [2.75, 3.05) is 0 Å². The highest BCUT2D eigenvalue weighted by atomic mass is 16.3. The molecule has 0 heterocycles. The van der Waals surface area contributed by atoms with Crippen LogP contribution in [-0.2, 0) is 0 Å². The number of fused-ring (bicyclic) bond motifs is 1. The van der Waals surface area contributed by atoms with E-state index in [0.717, 1.165) is 10.9 Å². The lowest BCUT2D eigenvalue weighted by molar-refractivity contribution is 0.104. The first-order valence-corrected chi connectivity index (χ1v) is 6.73. The number of phenolic OH excluding ortho intramolecular Hbond substituents is 1. The monoisotopic (exact) mass is 274 g/mol. The summed E-state index contributed by atoms with van der Waals surface area (Å²) in [5, 5.41) is 11.5. The number of aromatic hydroxyl groups is 1. The minimum Gasteiger partial charge on any atom is -0.508 e. The van der Waals surface area contributed by atoms with Crippen molar-refractivity contribution in [1.29, 1.82) is 0 Å². The summed E-state index contributed by atoms with van der Waals surface area (Å²) in [6.45, 7) is 0. The Kier molecular flexibility index (Phi) is 3.52. The van der Waals surface area contributed by atoms with E-state index in [1.54, 1.807) is 18.2 Å². The number of phenols is 1. The van der Waals surface area contributed by atoms with Crippen molar-refractivity contribution in [1.82, 2.24) is 0 Å². The van der Waals surface area contributed by atoms with Gasteiger partial charge in [0, 0.05) is 5.56 Å². The molecule has 3 aromatic rings. The quantitative estimate of drug-likeness (QED) is 0.566. The molecule has 0 aliphatic heterocycles. The zero-order valence-corrected chi connectivity index (χ0v) is 11.4. The van der Waals surface area contributed by atoms with Gasteiger partial charge in [-0.3, -0.25) is 4.79 Å². The van der Waals surface area contributed by atoms with Crippen molar-refractivity contribution < 1.29 is 9.90 Å². The summed E-state index contributed by atoms with van der Waals surface area (Å²) in [5.74, 6) is 0.0771. The van der Waals surface area contributed by atoms with Gasteiger partial charge >= 0.3 is 0 Å². The lowest BCUT2D eigenvalue weighted by atomic mass is 10.1. The lowest BCUT2D eigenvalue weighted by Gasteiger charge is -1.99. The van der Waals surface area contributed by atoms with Crippen molar-refractivity contribution in [3.05, 3.63) is 83.9 Å². The SMILES string of the molecule is O=C(C=Cc1ccc2ccccc2c1)c1ccc(O)cc1. The first-order valence-electron chi connectivity index (χ1n) is 6.73. The van der Waals surface area contributed by atoms with Gasteiger partial charge in [-0.05, 0) is 52.7 Å². The van der Waals surface area contributed by atoms with Gasteiger partial charge < -0.3 is 5.11 Å². The predicted molar refractivity (Wildman–Crippen MR) is 85.4 cm³/mol. The molecule has 0 aliphatic carbocycles. The smallest absolute Gasteiger partial charge is 0.185 e. The van der Waals surface area contributed by atoms with Crippen molar-refractivity contribution in [2.24, 2.45) is 0 Å². The number of hydrogen-bond acceptors (Lipinski definition) is 2. The van der Waals surface area contributed by atoms with E-state index in [0.29, 0.717) is 5.56 Å². The summed E-state index contributed by atoms with van der Waals surface area (Å²) >= 11 is 0. The molecule has 1 N–H and O–H groups in total. The van der Waals surface area contributed by atoms with E-state index in [2.05, 4.69) is 18.2 Å². The van der Waals surface area contributed by atoms with E-state index in [1.165, 1.54) is 17.5 Å². The highest BCUT2D eigenvalue weighted by Gasteiger charge is 2.01. The fourth-order valence-corrected chi connectivity index (χ4v) is 2.21. The summed E-state index contributed by atoms with van der Waals surface area (Å²) in [6, 6.07) is 20.4. The Morgan fingerprint density at radius 1 is 0.857 bits per heavy atom. The molecule has 0 fully saturated rings. The Labute approximate surface area is 123 Å². The molecule has 2 nitrogen and oxygen atoms in total. The number of allylic oxidation sites excluding steroid dienone is 1. The third kappa shape index (κ3) is 3.00. The second-order valence-corrected chi connectivity index (χ2v) is 4.85. The molecule has 0 unspecified atom stereocenters. The molecule has 0 amide bonds. The molecular weight excluding hydrogens is 260 g/mol. The maximum absolute atomic E-state index is 12.0. The van der Waals surface area contributed by atoms with Crippen LogP contribution in [0.3, 0.4) is 0 Å². The first kappa shape index (κ1) is 13.1. The Morgan fingerprint density at radius 2 is 1.57 bits per heavy atom. The normalized spacial score (nSPS) is 11.0. The molecule has 21 heavy (non-hydrogen) atoms. The molecule has 2 heteroatoms. The fraction of sp³-hybridized carbons (Fsp3) is 0. The molecule has 3 aromatic carbocycles. The average molecular weight is 274 g/mol.